The molecule has 3 aromatic rings. The molecule has 3 nitrogen and oxygen atoms in total. The number of unbranched alkanes of at least 4 members (excludes halogenated alkanes) is 1. The van der Waals surface area contributed by atoms with Crippen molar-refractivity contribution in [2.75, 3.05) is 0 Å². The summed E-state index contributed by atoms with van der Waals surface area (Å²) in [7, 11) is 0. The lowest BCUT2D eigenvalue weighted by Gasteiger charge is -2.12. The molecule has 23 heavy (non-hydrogen) atoms. The SMILES string of the molecule is CCCCn1c(SCc2ccccc2)nc2ccccc2c1=O. The lowest BCUT2D eigenvalue weighted by Crippen LogP contribution is -2.23. The second-order valence-electron chi connectivity index (χ2n) is 5.50. The second kappa shape index (κ2) is 7.47. The first-order chi connectivity index (χ1) is 11.3. The molecule has 0 aliphatic rings. The van der Waals surface area contributed by atoms with Crippen LogP contribution in [0.3, 0.4) is 0 Å². The van der Waals surface area contributed by atoms with Crippen LogP contribution in [-0.2, 0) is 12.3 Å². The number of hydrogen-bond donors (Lipinski definition) is 0. The molecule has 2 aromatic carbocycles. The van der Waals surface area contributed by atoms with Gasteiger partial charge in [-0.2, -0.15) is 0 Å². The van der Waals surface area contributed by atoms with E-state index >= 15 is 0 Å². The first-order valence-corrected chi connectivity index (χ1v) is 8.94. The summed E-state index contributed by atoms with van der Waals surface area (Å²) in [6.45, 7) is 2.86. The summed E-state index contributed by atoms with van der Waals surface area (Å²) in [6.07, 6.45) is 2.04. The van der Waals surface area contributed by atoms with E-state index in [1.807, 2.05) is 47.0 Å². The van der Waals surface area contributed by atoms with Gasteiger partial charge in [0, 0.05) is 12.3 Å². The van der Waals surface area contributed by atoms with Crippen molar-refractivity contribution in [1.82, 2.24) is 9.55 Å². The molecule has 0 spiro atoms. The van der Waals surface area contributed by atoms with Gasteiger partial charge in [0.1, 0.15) is 0 Å². The van der Waals surface area contributed by atoms with E-state index < -0.39 is 0 Å². The third kappa shape index (κ3) is 3.64. The highest BCUT2D eigenvalue weighted by Crippen LogP contribution is 2.22. The fraction of sp³-hybridized carbons (Fsp3) is 0.263. The fourth-order valence-corrected chi connectivity index (χ4v) is 3.47. The van der Waals surface area contributed by atoms with Crippen LogP contribution in [0, 0.1) is 0 Å². The average molecular weight is 324 g/mol. The normalized spacial score (nSPS) is 11.0. The number of hydrogen-bond acceptors (Lipinski definition) is 3. The molecule has 0 bridgehead atoms. The molecule has 0 fully saturated rings. The molecule has 3 rings (SSSR count). The third-order valence-corrected chi connectivity index (χ3v) is 4.82. The topological polar surface area (TPSA) is 34.9 Å². The van der Waals surface area contributed by atoms with Crippen molar-refractivity contribution in [3.63, 3.8) is 0 Å². The predicted octanol–water partition coefficient (Wildman–Crippen LogP) is 4.49. The van der Waals surface area contributed by atoms with Crippen molar-refractivity contribution >= 4 is 22.7 Å². The maximum absolute atomic E-state index is 12.8. The fourth-order valence-electron chi connectivity index (χ4n) is 2.49. The summed E-state index contributed by atoms with van der Waals surface area (Å²) in [6, 6.07) is 17.9. The Bertz CT molecular complexity index is 843. The molecule has 0 radical (unpaired) electrons. The van der Waals surface area contributed by atoms with Crippen LogP contribution >= 0.6 is 11.8 Å². The Hall–Kier alpha value is -2.07. The van der Waals surface area contributed by atoms with Crippen molar-refractivity contribution in [3.8, 4) is 0 Å². The highest BCUT2D eigenvalue weighted by atomic mass is 32.2. The van der Waals surface area contributed by atoms with Gasteiger partial charge in [0.25, 0.3) is 5.56 Å². The number of aromatic nitrogens is 2. The molecule has 118 valence electrons. The summed E-state index contributed by atoms with van der Waals surface area (Å²) in [4.78, 5) is 17.5. The zero-order chi connectivity index (χ0) is 16.1. The molecule has 0 aliphatic carbocycles. The molecule has 0 unspecified atom stereocenters. The van der Waals surface area contributed by atoms with Crippen LogP contribution in [0.5, 0.6) is 0 Å². The standard InChI is InChI=1S/C19H20N2OS/c1-2-3-13-21-18(22)16-11-7-8-12-17(16)20-19(21)23-14-15-9-5-4-6-10-15/h4-12H,2-3,13-14H2,1H3. The van der Waals surface area contributed by atoms with E-state index in [-0.39, 0.29) is 5.56 Å². The van der Waals surface area contributed by atoms with E-state index in [1.165, 1.54) is 5.56 Å². The molecule has 0 saturated heterocycles. The van der Waals surface area contributed by atoms with E-state index in [2.05, 4.69) is 19.1 Å². The number of thioether (sulfide) groups is 1. The quantitative estimate of drug-likeness (QED) is 0.495. The van der Waals surface area contributed by atoms with Gasteiger partial charge in [0.15, 0.2) is 5.16 Å². The zero-order valence-electron chi connectivity index (χ0n) is 13.2. The highest BCUT2D eigenvalue weighted by Gasteiger charge is 2.11. The number of benzene rings is 2. The summed E-state index contributed by atoms with van der Waals surface area (Å²) in [5.41, 5.74) is 2.09. The summed E-state index contributed by atoms with van der Waals surface area (Å²) < 4.78 is 1.83. The minimum Gasteiger partial charge on any atom is -0.287 e. The van der Waals surface area contributed by atoms with Crippen molar-refractivity contribution in [2.24, 2.45) is 0 Å². The van der Waals surface area contributed by atoms with Crippen LogP contribution < -0.4 is 5.56 Å². The monoisotopic (exact) mass is 324 g/mol. The smallest absolute Gasteiger partial charge is 0.262 e. The van der Waals surface area contributed by atoms with Gasteiger partial charge in [-0.3, -0.25) is 9.36 Å². The van der Waals surface area contributed by atoms with Gasteiger partial charge in [0.2, 0.25) is 0 Å². The molecule has 4 heteroatoms. The largest absolute Gasteiger partial charge is 0.287 e. The highest BCUT2D eigenvalue weighted by molar-refractivity contribution is 7.98. The summed E-state index contributed by atoms with van der Waals surface area (Å²) in [5.74, 6) is 0.817. The van der Waals surface area contributed by atoms with E-state index in [9.17, 15) is 4.79 Å². The predicted molar refractivity (Wildman–Crippen MR) is 96.9 cm³/mol. The molecule has 0 amide bonds. The minimum atomic E-state index is 0.0691. The maximum atomic E-state index is 12.8. The zero-order valence-corrected chi connectivity index (χ0v) is 14.1. The number of nitrogens with zero attached hydrogens (tertiary/aromatic N) is 2. The van der Waals surface area contributed by atoms with Crippen molar-refractivity contribution in [2.45, 2.75) is 37.2 Å². The van der Waals surface area contributed by atoms with Gasteiger partial charge >= 0.3 is 0 Å². The van der Waals surface area contributed by atoms with Crippen molar-refractivity contribution < 1.29 is 0 Å². The van der Waals surface area contributed by atoms with Crippen LogP contribution in [0.2, 0.25) is 0 Å². The summed E-state index contributed by atoms with van der Waals surface area (Å²) in [5, 5.41) is 1.51. The Kier molecular flexibility index (Phi) is 5.13. The first-order valence-electron chi connectivity index (χ1n) is 7.96. The van der Waals surface area contributed by atoms with E-state index in [1.54, 1.807) is 11.8 Å². The first kappa shape index (κ1) is 15.8. The van der Waals surface area contributed by atoms with Crippen LogP contribution in [0.15, 0.2) is 64.5 Å². The van der Waals surface area contributed by atoms with Gasteiger partial charge in [0.05, 0.1) is 10.9 Å². The Labute approximate surface area is 140 Å². The van der Waals surface area contributed by atoms with Gasteiger partial charge < -0.3 is 0 Å². The van der Waals surface area contributed by atoms with Crippen LogP contribution in [-0.4, -0.2) is 9.55 Å². The van der Waals surface area contributed by atoms with Crippen LogP contribution in [0.4, 0.5) is 0 Å². The van der Waals surface area contributed by atoms with Gasteiger partial charge in [-0.25, -0.2) is 4.98 Å². The van der Waals surface area contributed by atoms with Crippen molar-refractivity contribution in [1.29, 1.82) is 0 Å². The lowest BCUT2D eigenvalue weighted by atomic mass is 10.2. The average Bonchev–Trinajstić information content (AvgIpc) is 2.60. The molecule has 0 aliphatic heterocycles. The maximum Gasteiger partial charge on any atom is 0.262 e. The molecule has 1 heterocycles. The lowest BCUT2D eigenvalue weighted by molar-refractivity contribution is 0.557. The van der Waals surface area contributed by atoms with E-state index in [0.717, 1.165) is 35.8 Å². The Morgan fingerprint density at radius 3 is 2.57 bits per heavy atom. The number of rotatable bonds is 6. The van der Waals surface area contributed by atoms with Gasteiger partial charge in [-0.1, -0.05) is 67.6 Å². The Morgan fingerprint density at radius 2 is 1.78 bits per heavy atom. The Balaban J connectivity index is 1.97. The van der Waals surface area contributed by atoms with E-state index in [4.69, 9.17) is 4.98 Å². The molecule has 1 aromatic heterocycles. The second-order valence-corrected chi connectivity index (χ2v) is 6.44. The minimum absolute atomic E-state index is 0.0691. The number of para-hydroxylation sites is 1. The molecule has 0 saturated carbocycles. The summed E-state index contributed by atoms with van der Waals surface area (Å²) >= 11 is 1.63. The van der Waals surface area contributed by atoms with Gasteiger partial charge in [-0.05, 0) is 24.1 Å². The van der Waals surface area contributed by atoms with Gasteiger partial charge in [-0.15, -0.1) is 0 Å². The van der Waals surface area contributed by atoms with Crippen LogP contribution in [0.1, 0.15) is 25.3 Å². The third-order valence-electron chi connectivity index (χ3n) is 3.77. The molecular weight excluding hydrogens is 304 g/mol. The number of fused-ring (bicyclic) bond motifs is 1. The molecule has 0 atom stereocenters. The Morgan fingerprint density at radius 1 is 1.04 bits per heavy atom. The molecular formula is C19H20N2OS. The van der Waals surface area contributed by atoms with Crippen molar-refractivity contribution in [3.05, 3.63) is 70.5 Å². The van der Waals surface area contributed by atoms with Crippen LogP contribution in [0.25, 0.3) is 10.9 Å². The van der Waals surface area contributed by atoms with E-state index in [0.29, 0.717) is 5.39 Å². The molecule has 0 N–H and O–H groups in total.